The monoisotopic (exact) mass is 819 g/mol. The zero-order valence-corrected chi connectivity index (χ0v) is 36.9. The van der Waals surface area contributed by atoms with Gasteiger partial charge in [0.25, 0.3) is 0 Å². The van der Waals surface area contributed by atoms with E-state index < -0.39 is 32.5 Å². The van der Waals surface area contributed by atoms with Crippen molar-refractivity contribution < 1.29 is 46.8 Å². The van der Waals surface area contributed by atoms with E-state index in [1.807, 2.05) is 45.4 Å². The molecular formula is C46H77NO9P+. The first-order valence-electron chi connectivity index (χ1n) is 21.3. The first kappa shape index (κ1) is 53.9. The minimum absolute atomic E-state index is 0.00129. The molecule has 0 radical (unpaired) electrons. The topological polar surface area (TPSA) is 125 Å². The summed E-state index contributed by atoms with van der Waals surface area (Å²) in [6, 6.07) is 0. The van der Waals surface area contributed by atoms with Gasteiger partial charge in [-0.2, -0.15) is 0 Å². The van der Waals surface area contributed by atoms with Gasteiger partial charge in [-0.25, -0.2) is 4.57 Å². The molecule has 0 aromatic carbocycles. The fourth-order valence-corrected chi connectivity index (χ4v) is 5.71. The first-order chi connectivity index (χ1) is 27.4. The standard InChI is InChI=1S/C46H76NO9P/c1-6-8-10-11-12-13-14-15-16-17-20-24-27-30-34-38-46(50)56-44(42-55-57(51,52)54-40-39-47(3,4)5)41-53-45(49)37-33-29-26-23-21-18-19-22-25-28-32-36-43(48)35-31-9-7-2/h12-13,15-16,18-20,23-26,28,32,36,44H,6-11,14,17,21-22,27,29-31,33-35,37-42H2,1-5H3/p+1/b13-12-,16-15-,19-18-,24-20-,26-23-,28-25-,36-32+/t44-/m1/s1. The molecule has 0 saturated heterocycles. The van der Waals surface area contributed by atoms with E-state index in [9.17, 15) is 23.8 Å². The highest BCUT2D eigenvalue weighted by molar-refractivity contribution is 7.47. The smallest absolute Gasteiger partial charge is 0.462 e. The second-order valence-electron chi connectivity index (χ2n) is 15.1. The number of phosphoric ester groups is 1. The average molecular weight is 819 g/mol. The summed E-state index contributed by atoms with van der Waals surface area (Å²) in [5, 5.41) is 0. The molecule has 0 aromatic heterocycles. The number of allylic oxidation sites excluding steroid dienone is 14. The lowest BCUT2D eigenvalue weighted by atomic mass is 10.1. The molecule has 324 valence electrons. The van der Waals surface area contributed by atoms with E-state index >= 15 is 0 Å². The molecular weight excluding hydrogens is 741 g/mol. The van der Waals surface area contributed by atoms with Gasteiger partial charge in [-0.05, 0) is 83.1 Å². The number of esters is 2. The summed E-state index contributed by atoms with van der Waals surface area (Å²) >= 11 is 0. The predicted molar refractivity (Wildman–Crippen MR) is 234 cm³/mol. The average Bonchev–Trinajstić information content (AvgIpc) is 3.15. The van der Waals surface area contributed by atoms with Crippen LogP contribution < -0.4 is 0 Å². The van der Waals surface area contributed by atoms with Crippen molar-refractivity contribution in [1.29, 1.82) is 0 Å². The van der Waals surface area contributed by atoms with Crippen molar-refractivity contribution >= 4 is 25.5 Å². The highest BCUT2D eigenvalue weighted by Crippen LogP contribution is 2.43. The summed E-state index contributed by atoms with van der Waals surface area (Å²) in [5.41, 5.74) is 0. The number of unbranched alkanes of at least 4 members (excludes halogenated alkanes) is 8. The van der Waals surface area contributed by atoms with Crippen molar-refractivity contribution in [2.45, 2.75) is 142 Å². The van der Waals surface area contributed by atoms with Crippen LogP contribution in [-0.4, -0.2) is 80.7 Å². The van der Waals surface area contributed by atoms with Gasteiger partial charge in [-0.3, -0.25) is 23.4 Å². The molecule has 10 nitrogen and oxygen atoms in total. The Bertz CT molecular complexity index is 1310. The number of ether oxygens (including phenoxy) is 2. The van der Waals surface area contributed by atoms with Crippen LogP contribution in [0.25, 0.3) is 0 Å². The number of ketones is 1. The third kappa shape index (κ3) is 40.8. The maximum Gasteiger partial charge on any atom is 0.472 e. The maximum absolute atomic E-state index is 12.7. The molecule has 0 heterocycles. The summed E-state index contributed by atoms with van der Waals surface area (Å²) < 4.78 is 34.1. The number of carbonyl (C=O) groups is 3. The van der Waals surface area contributed by atoms with E-state index in [0.717, 1.165) is 64.2 Å². The molecule has 0 fully saturated rings. The highest BCUT2D eigenvalue weighted by atomic mass is 31.2. The summed E-state index contributed by atoms with van der Waals surface area (Å²) in [6.45, 7) is 4.07. The quantitative estimate of drug-likeness (QED) is 0.0124. The van der Waals surface area contributed by atoms with Gasteiger partial charge in [0.05, 0.1) is 27.7 Å². The Hall–Kier alpha value is -3.14. The number of hydrogen-bond acceptors (Lipinski definition) is 8. The second-order valence-corrected chi connectivity index (χ2v) is 16.5. The summed E-state index contributed by atoms with van der Waals surface area (Å²) in [4.78, 5) is 47.0. The third-order valence-electron chi connectivity index (χ3n) is 8.37. The lowest BCUT2D eigenvalue weighted by Crippen LogP contribution is -2.37. The molecule has 1 unspecified atom stereocenters. The van der Waals surface area contributed by atoms with Crippen molar-refractivity contribution in [3.8, 4) is 0 Å². The van der Waals surface area contributed by atoms with Gasteiger partial charge in [0, 0.05) is 19.3 Å². The number of quaternary nitrogens is 1. The number of carbonyl (C=O) groups excluding carboxylic acids is 3. The first-order valence-corrected chi connectivity index (χ1v) is 22.8. The van der Waals surface area contributed by atoms with Crippen LogP contribution in [-0.2, 0) is 37.5 Å². The Balaban J connectivity index is 4.60. The minimum atomic E-state index is -4.41. The van der Waals surface area contributed by atoms with Crippen molar-refractivity contribution in [2.24, 2.45) is 0 Å². The van der Waals surface area contributed by atoms with Crippen LogP contribution in [0.3, 0.4) is 0 Å². The molecule has 0 aliphatic rings. The predicted octanol–water partition coefficient (Wildman–Crippen LogP) is 11.2. The van der Waals surface area contributed by atoms with Gasteiger partial charge >= 0.3 is 19.8 Å². The molecule has 11 heteroatoms. The Labute approximate surface area is 346 Å². The molecule has 57 heavy (non-hydrogen) atoms. The molecule has 0 rings (SSSR count). The number of hydrogen-bond donors (Lipinski definition) is 1. The Kier molecular flexibility index (Phi) is 35.1. The van der Waals surface area contributed by atoms with E-state index in [2.05, 4.69) is 62.5 Å². The van der Waals surface area contributed by atoms with E-state index in [-0.39, 0.29) is 31.8 Å². The zero-order valence-electron chi connectivity index (χ0n) is 36.0. The molecule has 0 spiro atoms. The van der Waals surface area contributed by atoms with Crippen molar-refractivity contribution in [3.05, 3.63) is 85.1 Å². The van der Waals surface area contributed by atoms with Gasteiger partial charge in [0.2, 0.25) is 0 Å². The van der Waals surface area contributed by atoms with Crippen LogP contribution in [0.5, 0.6) is 0 Å². The normalized spacial score (nSPS) is 14.4. The summed E-state index contributed by atoms with van der Waals surface area (Å²) in [6.07, 6.45) is 43.4. The lowest BCUT2D eigenvalue weighted by Gasteiger charge is -2.24. The Morgan fingerprint density at radius 2 is 1.11 bits per heavy atom. The Morgan fingerprint density at radius 1 is 0.596 bits per heavy atom. The van der Waals surface area contributed by atoms with Gasteiger partial charge in [0.1, 0.15) is 19.8 Å². The maximum atomic E-state index is 12.7. The fraction of sp³-hybridized carbons (Fsp3) is 0.630. The van der Waals surface area contributed by atoms with E-state index in [1.54, 1.807) is 12.2 Å². The van der Waals surface area contributed by atoms with Gasteiger partial charge in [0.15, 0.2) is 11.9 Å². The van der Waals surface area contributed by atoms with E-state index in [4.69, 9.17) is 18.5 Å². The second kappa shape index (κ2) is 37.2. The van der Waals surface area contributed by atoms with E-state index in [0.29, 0.717) is 36.7 Å². The molecule has 0 amide bonds. The highest BCUT2D eigenvalue weighted by Gasteiger charge is 2.27. The van der Waals surface area contributed by atoms with Crippen LogP contribution in [0, 0.1) is 0 Å². The van der Waals surface area contributed by atoms with Crippen LogP contribution in [0.2, 0.25) is 0 Å². The van der Waals surface area contributed by atoms with Crippen LogP contribution in [0.1, 0.15) is 136 Å². The van der Waals surface area contributed by atoms with Crippen molar-refractivity contribution in [2.75, 3.05) is 47.5 Å². The Morgan fingerprint density at radius 3 is 1.70 bits per heavy atom. The molecule has 0 aromatic rings. The van der Waals surface area contributed by atoms with Crippen LogP contribution in [0.4, 0.5) is 0 Å². The molecule has 1 N–H and O–H groups in total. The fourth-order valence-electron chi connectivity index (χ4n) is 4.97. The van der Waals surface area contributed by atoms with Gasteiger partial charge in [-0.1, -0.05) is 119 Å². The van der Waals surface area contributed by atoms with Crippen LogP contribution >= 0.6 is 7.82 Å². The number of phosphoric acid groups is 1. The molecule has 0 saturated carbocycles. The summed E-state index contributed by atoms with van der Waals surface area (Å²) in [5.74, 6) is -0.786. The number of likely N-dealkylation sites (N-methyl/N-ethyl adjacent to an activating group) is 1. The van der Waals surface area contributed by atoms with Crippen molar-refractivity contribution in [3.63, 3.8) is 0 Å². The number of rotatable bonds is 37. The largest absolute Gasteiger partial charge is 0.472 e. The van der Waals surface area contributed by atoms with Crippen LogP contribution in [0.15, 0.2) is 85.1 Å². The summed E-state index contributed by atoms with van der Waals surface area (Å²) in [7, 11) is 1.37. The molecule has 2 atom stereocenters. The molecule has 0 aliphatic heterocycles. The van der Waals surface area contributed by atoms with Gasteiger partial charge in [-0.15, -0.1) is 0 Å². The molecule has 0 bridgehead atoms. The molecule has 0 aliphatic carbocycles. The number of nitrogens with zero attached hydrogens (tertiary/aromatic N) is 1. The third-order valence-corrected chi connectivity index (χ3v) is 9.36. The minimum Gasteiger partial charge on any atom is -0.462 e. The SMILES string of the molecule is CCCCC/C=C\C/C=C\C/C=C\CCCCC(=O)O[C@H](COC(=O)CCC/C=C\C/C=C\C/C=C\C=C\C(=O)CCCCC)COP(=O)(O)OCC[N+](C)(C)C. The van der Waals surface area contributed by atoms with E-state index in [1.165, 1.54) is 19.3 Å². The zero-order chi connectivity index (χ0) is 42.3. The van der Waals surface area contributed by atoms with Gasteiger partial charge < -0.3 is 18.9 Å². The van der Waals surface area contributed by atoms with Crippen molar-refractivity contribution in [1.82, 2.24) is 0 Å². The lowest BCUT2D eigenvalue weighted by molar-refractivity contribution is -0.870.